The van der Waals surface area contributed by atoms with Gasteiger partial charge in [-0.25, -0.2) is 0 Å². The Balaban J connectivity index is 3.80. The second-order valence-corrected chi connectivity index (χ2v) is 4.65. The maximum Gasteiger partial charge on any atom is 0.222 e. The maximum absolute atomic E-state index is 11.1. The first kappa shape index (κ1) is 13.4. The number of aliphatic hydroxyl groups is 1. The number of amides is 1. The molecule has 0 radical (unpaired) electrons. The predicted octanol–water partition coefficient (Wildman–Crippen LogP) is 0.0728. The Hall–Kier alpha value is -0.610. The van der Waals surface area contributed by atoms with Crippen LogP contribution in [0.2, 0.25) is 0 Å². The monoisotopic (exact) mass is 202 g/mol. The third-order valence-electron chi connectivity index (χ3n) is 1.85. The van der Waals surface area contributed by atoms with Gasteiger partial charge in [-0.3, -0.25) is 4.79 Å². The summed E-state index contributed by atoms with van der Waals surface area (Å²) >= 11 is 0. The van der Waals surface area contributed by atoms with Gasteiger partial charge < -0.3 is 15.3 Å². The summed E-state index contributed by atoms with van der Waals surface area (Å²) in [4.78, 5) is 13.2. The molecule has 2 N–H and O–H groups in total. The molecule has 14 heavy (non-hydrogen) atoms. The van der Waals surface area contributed by atoms with Crippen LogP contribution in [0.4, 0.5) is 0 Å². The quantitative estimate of drug-likeness (QED) is 0.641. The largest absolute Gasteiger partial charge is 0.396 e. The zero-order chi connectivity index (χ0) is 11.2. The van der Waals surface area contributed by atoms with Crippen molar-refractivity contribution in [3.63, 3.8) is 0 Å². The van der Waals surface area contributed by atoms with Crippen molar-refractivity contribution in [2.45, 2.75) is 20.3 Å². The first-order valence-corrected chi connectivity index (χ1v) is 4.90. The predicted molar refractivity (Wildman–Crippen MR) is 57.0 cm³/mol. The van der Waals surface area contributed by atoms with E-state index >= 15 is 0 Å². The molecule has 0 aliphatic heterocycles. The van der Waals surface area contributed by atoms with E-state index < -0.39 is 0 Å². The Morgan fingerprint density at radius 2 is 2.00 bits per heavy atom. The van der Waals surface area contributed by atoms with E-state index in [1.165, 1.54) is 0 Å². The number of carbonyl (C=O) groups is 1. The van der Waals surface area contributed by atoms with Gasteiger partial charge in [-0.1, -0.05) is 13.8 Å². The van der Waals surface area contributed by atoms with Crippen molar-refractivity contribution in [1.82, 2.24) is 10.2 Å². The molecule has 0 bridgehead atoms. The van der Waals surface area contributed by atoms with Crippen LogP contribution in [0.1, 0.15) is 20.3 Å². The summed E-state index contributed by atoms with van der Waals surface area (Å²) in [7, 11) is 4.02. The third-order valence-corrected chi connectivity index (χ3v) is 1.85. The Labute approximate surface area is 86.3 Å². The zero-order valence-electron chi connectivity index (χ0n) is 9.63. The Morgan fingerprint density at radius 1 is 1.43 bits per heavy atom. The highest BCUT2D eigenvalue weighted by Crippen LogP contribution is 2.13. The number of nitrogens with zero attached hydrogens (tertiary/aromatic N) is 1. The molecule has 4 heteroatoms. The first-order valence-electron chi connectivity index (χ1n) is 4.90. The molecule has 0 spiro atoms. The number of carbonyl (C=O) groups excluding carboxylic acids is 1. The van der Waals surface area contributed by atoms with Crippen LogP contribution >= 0.6 is 0 Å². The van der Waals surface area contributed by atoms with Crippen molar-refractivity contribution < 1.29 is 9.90 Å². The molecule has 0 unspecified atom stereocenters. The zero-order valence-corrected chi connectivity index (χ0v) is 9.63. The second-order valence-electron chi connectivity index (χ2n) is 4.65. The van der Waals surface area contributed by atoms with E-state index in [1.54, 1.807) is 0 Å². The fourth-order valence-corrected chi connectivity index (χ4v) is 1.44. The molecule has 0 atom stereocenters. The van der Waals surface area contributed by atoms with Crippen molar-refractivity contribution >= 4 is 5.91 Å². The summed E-state index contributed by atoms with van der Waals surface area (Å²) in [5.74, 6) is -0.0840. The lowest BCUT2D eigenvalue weighted by Gasteiger charge is -2.28. The highest BCUT2D eigenvalue weighted by atomic mass is 16.3. The van der Waals surface area contributed by atoms with Gasteiger partial charge >= 0.3 is 0 Å². The summed E-state index contributed by atoms with van der Waals surface area (Å²) in [6, 6.07) is 0. The highest BCUT2D eigenvalue weighted by Gasteiger charge is 2.19. The second kappa shape index (κ2) is 5.98. The molecule has 0 aliphatic rings. The summed E-state index contributed by atoms with van der Waals surface area (Å²) < 4.78 is 0. The van der Waals surface area contributed by atoms with Gasteiger partial charge in [0.1, 0.15) is 0 Å². The number of hydrogen-bond acceptors (Lipinski definition) is 3. The van der Waals surface area contributed by atoms with Gasteiger partial charge in [0.25, 0.3) is 0 Å². The number of aliphatic hydroxyl groups excluding tert-OH is 1. The fraction of sp³-hybridized carbons (Fsp3) is 0.900. The molecule has 0 saturated heterocycles. The smallest absolute Gasteiger partial charge is 0.222 e. The Bertz CT molecular complexity index is 179. The van der Waals surface area contributed by atoms with Gasteiger partial charge in [-0.05, 0) is 19.5 Å². The fourth-order valence-electron chi connectivity index (χ4n) is 1.44. The summed E-state index contributed by atoms with van der Waals surface area (Å²) in [6.07, 6.45) is 0.193. The van der Waals surface area contributed by atoms with E-state index in [-0.39, 0.29) is 24.3 Å². The van der Waals surface area contributed by atoms with E-state index in [2.05, 4.69) is 24.1 Å². The average molecular weight is 202 g/mol. The molecule has 0 heterocycles. The van der Waals surface area contributed by atoms with Crippen molar-refractivity contribution in [2.75, 3.05) is 33.8 Å². The SMILES string of the molecule is CN(C)CC(C)(C)CNC(=O)CCO. The van der Waals surface area contributed by atoms with Crippen LogP contribution in [0.3, 0.4) is 0 Å². The maximum atomic E-state index is 11.1. The average Bonchev–Trinajstić information content (AvgIpc) is 1.99. The topological polar surface area (TPSA) is 52.6 Å². The lowest BCUT2D eigenvalue weighted by Crippen LogP contribution is -2.40. The minimum atomic E-state index is -0.0840. The number of nitrogens with one attached hydrogen (secondary N) is 1. The van der Waals surface area contributed by atoms with E-state index in [9.17, 15) is 4.79 Å². The summed E-state index contributed by atoms with van der Waals surface area (Å²) in [5.41, 5.74) is 0.0641. The van der Waals surface area contributed by atoms with Crippen LogP contribution < -0.4 is 5.32 Å². The number of hydrogen-bond donors (Lipinski definition) is 2. The summed E-state index contributed by atoms with van der Waals surface area (Å²) in [6.45, 7) is 5.69. The van der Waals surface area contributed by atoms with Crippen LogP contribution in [-0.4, -0.2) is 49.7 Å². The van der Waals surface area contributed by atoms with Gasteiger partial charge in [0.05, 0.1) is 6.61 Å². The molecule has 1 amide bonds. The van der Waals surface area contributed by atoms with Gasteiger partial charge in [0.15, 0.2) is 0 Å². The molecule has 84 valence electrons. The van der Waals surface area contributed by atoms with E-state index in [0.717, 1.165) is 6.54 Å². The molecule has 0 fully saturated rings. The molecule has 4 nitrogen and oxygen atoms in total. The van der Waals surface area contributed by atoms with Crippen LogP contribution in [0.5, 0.6) is 0 Å². The minimum Gasteiger partial charge on any atom is -0.396 e. The Morgan fingerprint density at radius 3 is 2.43 bits per heavy atom. The van der Waals surface area contributed by atoms with Crippen molar-refractivity contribution in [1.29, 1.82) is 0 Å². The highest BCUT2D eigenvalue weighted by molar-refractivity contribution is 5.75. The standard InChI is InChI=1S/C10H22N2O2/c1-10(2,8-12(3)4)7-11-9(14)5-6-13/h13H,5-8H2,1-4H3,(H,11,14). The number of rotatable bonds is 6. The molecule has 0 aromatic heterocycles. The van der Waals surface area contributed by atoms with Crippen molar-refractivity contribution in [3.8, 4) is 0 Å². The lowest BCUT2D eigenvalue weighted by molar-refractivity contribution is -0.122. The lowest BCUT2D eigenvalue weighted by atomic mass is 9.93. The summed E-state index contributed by atoms with van der Waals surface area (Å²) in [5, 5.41) is 11.3. The molecular formula is C10H22N2O2. The van der Waals surface area contributed by atoms with Crippen LogP contribution in [-0.2, 0) is 4.79 Å². The van der Waals surface area contributed by atoms with E-state index in [1.807, 2.05) is 14.1 Å². The van der Waals surface area contributed by atoms with Gasteiger partial charge in [0, 0.05) is 19.5 Å². The molecular weight excluding hydrogens is 180 g/mol. The van der Waals surface area contributed by atoms with Gasteiger partial charge in [-0.15, -0.1) is 0 Å². The van der Waals surface area contributed by atoms with Crippen LogP contribution in [0, 0.1) is 5.41 Å². The van der Waals surface area contributed by atoms with E-state index in [0.29, 0.717) is 6.54 Å². The third kappa shape index (κ3) is 6.86. The molecule has 0 saturated carbocycles. The molecule has 0 aromatic rings. The van der Waals surface area contributed by atoms with Crippen molar-refractivity contribution in [3.05, 3.63) is 0 Å². The van der Waals surface area contributed by atoms with E-state index in [4.69, 9.17) is 5.11 Å². The normalized spacial score (nSPS) is 11.9. The van der Waals surface area contributed by atoms with Crippen LogP contribution in [0.25, 0.3) is 0 Å². The first-order chi connectivity index (χ1) is 6.37. The molecule has 0 aliphatic carbocycles. The molecule has 0 aromatic carbocycles. The van der Waals surface area contributed by atoms with Crippen molar-refractivity contribution in [2.24, 2.45) is 5.41 Å². The minimum absolute atomic E-state index is 0.0641. The molecule has 0 rings (SSSR count). The van der Waals surface area contributed by atoms with Crippen LogP contribution in [0.15, 0.2) is 0 Å². The van der Waals surface area contributed by atoms with Gasteiger partial charge in [0.2, 0.25) is 5.91 Å². The Kier molecular flexibility index (Phi) is 5.72. The van der Waals surface area contributed by atoms with Gasteiger partial charge in [-0.2, -0.15) is 0 Å².